The Morgan fingerprint density at radius 3 is 2.41 bits per heavy atom. The summed E-state index contributed by atoms with van der Waals surface area (Å²) >= 11 is 1.46. The topological polar surface area (TPSA) is 90.0 Å². The molecule has 0 aromatic rings. The maximum absolute atomic E-state index is 12.6. The van der Waals surface area contributed by atoms with Gasteiger partial charge in [0.05, 0.1) is 11.0 Å². The highest BCUT2D eigenvalue weighted by molar-refractivity contribution is 8.01. The van der Waals surface area contributed by atoms with Gasteiger partial charge in [0.25, 0.3) is 5.91 Å². The number of nitrogens with zero attached hydrogens (tertiary/aromatic N) is 1. The second-order valence-corrected chi connectivity index (χ2v) is 10.7. The van der Waals surface area contributed by atoms with Crippen LogP contribution in [0.25, 0.3) is 0 Å². The largest absolute Gasteiger partial charge is 0.427 e. The molecular weight excluding hydrogens is 394 g/mol. The molecule has 162 valence electrons. The third kappa shape index (κ3) is 5.21. The van der Waals surface area contributed by atoms with Crippen molar-refractivity contribution in [3.63, 3.8) is 0 Å². The van der Waals surface area contributed by atoms with Gasteiger partial charge >= 0.3 is 11.9 Å². The number of esters is 2. The number of thioether (sulfide) groups is 1. The molecule has 2 aliphatic rings. The van der Waals surface area contributed by atoms with Crippen molar-refractivity contribution in [2.45, 2.75) is 83.4 Å². The summed E-state index contributed by atoms with van der Waals surface area (Å²) in [6.07, 6.45) is 4.67. The lowest BCUT2D eigenvalue weighted by Gasteiger charge is -2.39. The van der Waals surface area contributed by atoms with Crippen molar-refractivity contribution >= 4 is 35.4 Å². The number of carbonyl (C=O) groups excluding carboxylic acids is 4. The lowest BCUT2D eigenvalue weighted by molar-refractivity contribution is -0.178. The normalized spacial score (nSPS) is 24.1. The van der Waals surface area contributed by atoms with Crippen LogP contribution in [-0.2, 0) is 28.7 Å². The van der Waals surface area contributed by atoms with E-state index in [1.165, 1.54) is 22.7 Å². The summed E-state index contributed by atoms with van der Waals surface area (Å²) < 4.78 is 9.53. The van der Waals surface area contributed by atoms with E-state index in [2.05, 4.69) is 6.92 Å². The Labute approximate surface area is 176 Å². The van der Waals surface area contributed by atoms with Crippen molar-refractivity contribution < 1.29 is 28.7 Å². The molecule has 0 saturated carbocycles. The summed E-state index contributed by atoms with van der Waals surface area (Å²) in [7, 11) is 0. The van der Waals surface area contributed by atoms with E-state index in [-0.39, 0.29) is 17.1 Å². The highest BCUT2D eigenvalue weighted by Gasteiger charge is 2.61. The summed E-state index contributed by atoms with van der Waals surface area (Å²) in [6, 6.07) is -0.800. The molecule has 2 heterocycles. The van der Waals surface area contributed by atoms with E-state index in [0.717, 1.165) is 19.3 Å². The number of unbranched alkanes of at least 4 members (excludes halogenated alkanes) is 2. The zero-order valence-corrected chi connectivity index (χ0v) is 18.9. The standard InChI is InChI=1S/C21H31NO6S/c1-7-8-9-10-13(23)11-14-16(24)22-15(21(5,6)29-17(14)22)18(25)27-12-28-19(26)20(2,3)4/h11,15,17H,7-10,12H2,1-6H3/b14-11-/t15-,17+/m0/s1. The smallest absolute Gasteiger partial charge is 0.333 e. The SMILES string of the molecule is CCCCCC(=O)/C=C1/C(=O)N2[C@@H]1SC(C)(C)[C@@H]2C(=O)OCOC(=O)C(C)(C)C. The zero-order valence-electron chi connectivity index (χ0n) is 18.1. The van der Waals surface area contributed by atoms with Crippen LogP contribution in [-0.4, -0.2) is 51.5 Å². The quantitative estimate of drug-likeness (QED) is 0.194. The summed E-state index contributed by atoms with van der Waals surface area (Å²) in [4.78, 5) is 50.6. The van der Waals surface area contributed by atoms with Gasteiger partial charge in [-0.1, -0.05) is 19.8 Å². The molecule has 2 aliphatic heterocycles. The van der Waals surface area contributed by atoms with Crippen LogP contribution in [0.1, 0.15) is 67.2 Å². The fourth-order valence-electron chi connectivity index (χ4n) is 3.27. The number of rotatable bonds is 8. The summed E-state index contributed by atoms with van der Waals surface area (Å²) in [6.45, 7) is 10.4. The molecule has 0 spiro atoms. The first-order valence-electron chi connectivity index (χ1n) is 9.99. The minimum Gasteiger partial charge on any atom is -0.427 e. The van der Waals surface area contributed by atoms with Crippen LogP contribution in [0.5, 0.6) is 0 Å². The van der Waals surface area contributed by atoms with Crippen molar-refractivity contribution in [3.8, 4) is 0 Å². The lowest BCUT2D eigenvalue weighted by Crippen LogP contribution is -2.59. The minimum atomic E-state index is -0.800. The van der Waals surface area contributed by atoms with Gasteiger partial charge in [-0.3, -0.25) is 14.4 Å². The Morgan fingerprint density at radius 1 is 1.17 bits per heavy atom. The minimum absolute atomic E-state index is 0.0556. The molecule has 7 nitrogen and oxygen atoms in total. The van der Waals surface area contributed by atoms with Crippen LogP contribution in [0.2, 0.25) is 0 Å². The van der Waals surface area contributed by atoms with Crippen molar-refractivity contribution in [1.29, 1.82) is 0 Å². The zero-order chi connectivity index (χ0) is 22.0. The van der Waals surface area contributed by atoms with Crippen molar-refractivity contribution in [3.05, 3.63) is 11.6 Å². The van der Waals surface area contributed by atoms with E-state index in [4.69, 9.17) is 9.47 Å². The molecular formula is C21H31NO6S. The Bertz CT molecular complexity index is 721. The molecule has 0 radical (unpaired) electrons. The third-order valence-electron chi connectivity index (χ3n) is 4.92. The molecule has 0 aliphatic carbocycles. The van der Waals surface area contributed by atoms with Crippen LogP contribution >= 0.6 is 11.8 Å². The van der Waals surface area contributed by atoms with Crippen molar-refractivity contribution in [2.24, 2.45) is 5.41 Å². The molecule has 2 atom stereocenters. The van der Waals surface area contributed by atoms with Gasteiger partial charge in [0.2, 0.25) is 6.79 Å². The van der Waals surface area contributed by atoms with Gasteiger partial charge in [-0.05, 0) is 47.1 Å². The molecule has 0 N–H and O–H groups in total. The number of amides is 1. The first kappa shape index (κ1) is 23.4. The number of hydrogen-bond donors (Lipinski definition) is 0. The maximum Gasteiger partial charge on any atom is 0.333 e. The maximum atomic E-state index is 12.6. The lowest BCUT2D eigenvalue weighted by atomic mass is 9.94. The van der Waals surface area contributed by atoms with Gasteiger partial charge in [-0.15, -0.1) is 11.8 Å². The van der Waals surface area contributed by atoms with Crippen LogP contribution in [0.4, 0.5) is 0 Å². The third-order valence-corrected chi connectivity index (χ3v) is 6.46. The monoisotopic (exact) mass is 425 g/mol. The average Bonchev–Trinajstić information content (AvgIpc) is 2.87. The molecule has 8 heteroatoms. The fraction of sp³-hybridized carbons (Fsp3) is 0.714. The number of ketones is 1. The van der Waals surface area contributed by atoms with E-state index >= 15 is 0 Å². The predicted octanol–water partition coefficient (Wildman–Crippen LogP) is 3.21. The predicted molar refractivity (Wildman–Crippen MR) is 110 cm³/mol. The van der Waals surface area contributed by atoms with E-state index < -0.39 is 34.9 Å². The summed E-state index contributed by atoms with van der Waals surface area (Å²) in [5.74, 6) is -1.46. The van der Waals surface area contributed by atoms with Gasteiger partial charge < -0.3 is 14.4 Å². The van der Waals surface area contributed by atoms with Crippen molar-refractivity contribution in [1.82, 2.24) is 4.90 Å². The molecule has 0 unspecified atom stereocenters. The first-order valence-corrected chi connectivity index (χ1v) is 10.9. The molecule has 2 rings (SSSR count). The molecule has 0 aromatic heterocycles. The number of carbonyl (C=O) groups is 4. The Balaban J connectivity index is 2.00. The fourth-order valence-corrected chi connectivity index (χ4v) is 4.81. The van der Waals surface area contributed by atoms with Gasteiger partial charge in [0, 0.05) is 11.2 Å². The molecule has 0 aromatic carbocycles. The van der Waals surface area contributed by atoms with Crippen molar-refractivity contribution in [2.75, 3.05) is 6.79 Å². The molecule has 2 saturated heterocycles. The number of ether oxygens (including phenoxy) is 2. The van der Waals surface area contributed by atoms with E-state index in [1.54, 1.807) is 20.8 Å². The Hall–Kier alpha value is -1.83. The average molecular weight is 426 g/mol. The van der Waals surface area contributed by atoms with E-state index in [1.807, 2.05) is 13.8 Å². The first-order chi connectivity index (χ1) is 13.4. The second kappa shape index (κ2) is 8.90. The summed E-state index contributed by atoms with van der Waals surface area (Å²) in [5, 5.41) is -0.331. The molecule has 1 amide bonds. The Morgan fingerprint density at radius 2 is 1.83 bits per heavy atom. The number of hydrogen-bond acceptors (Lipinski definition) is 7. The van der Waals surface area contributed by atoms with Gasteiger partial charge in [-0.2, -0.15) is 0 Å². The number of β-lactam (4-membered cyclic amide) rings is 1. The van der Waals surface area contributed by atoms with Crippen LogP contribution in [0.15, 0.2) is 11.6 Å². The number of allylic oxidation sites excluding steroid dienone is 1. The van der Waals surface area contributed by atoms with Crippen LogP contribution < -0.4 is 0 Å². The number of fused-ring (bicyclic) bond motifs is 1. The van der Waals surface area contributed by atoms with E-state index in [9.17, 15) is 19.2 Å². The van der Waals surface area contributed by atoms with E-state index in [0.29, 0.717) is 12.0 Å². The summed E-state index contributed by atoms with van der Waals surface area (Å²) in [5.41, 5.74) is -0.254. The van der Waals surface area contributed by atoms with Crippen LogP contribution in [0, 0.1) is 5.41 Å². The second-order valence-electron chi connectivity index (χ2n) is 8.97. The Kier molecular flexibility index (Phi) is 7.19. The van der Waals surface area contributed by atoms with Crippen LogP contribution in [0.3, 0.4) is 0 Å². The van der Waals surface area contributed by atoms with Gasteiger partial charge in [0.1, 0.15) is 11.4 Å². The molecule has 0 bridgehead atoms. The molecule has 2 fully saturated rings. The van der Waals surface area contributed by atoms with Gasteiger partial charge in [0.15, 0.2) is 5.78 Å². The highest BCUT2D eigenvalue weighted by Crippen LogP contribution is 2.53. The highest BCUT2D eigenvalue weighted by atomic mass is 32.2. The molecule has 29 heavy (non-hydrogen) atoms. The van der Waals surface area contributed by atoms with Gasteiger partial charge in [-0.25, -0.2) is 4.79 Å².